The second-order valence-corrected chi connectivity index (χ2v) is 5.88. The highest BCUT2D eigenvalue weighted by atomic mass is 32.2. The van der Waals surface area contributed by atoms with Crippen molar-refractivity contribution in [2.24, 2.45) is 0 Å². The number of aromatic amines is 1. The van der Waals surface area contributed by atoms with Crippen LogP contribution in [0.2, 0.25) is 0 Å². The van der Waals surface area contributed by atoms with Gasteiger partial charge < -0.3 is 14.5 Å². The summed E-state index contributed by atoms with van der Waals surface area (Å²) >= 11 is 1.45. The first kappa shape index (κ1) is 17.1. The third-order valence-electron chi connectivity index (χ3n) is 2.97. The first-order valence-corrected chi connectivity index (χ1v) is 8.25. The molecule has 1 aromatic carbocycles. The second-order valence-electron chi connectivity index (χ2n) is 4.80. The number of allylic oxidation sites excluding steroid dienone is 1. The number of ether oxygens (including phenoxy) is 2. The van der Waals surface area contributed by atoms with E-state index in [-0.39, 0.29) is 5.56 Å². The van der Waals surface area contributed by atoms with Crippen molar-refractivity contribution in [1.29, 1.82) is 0 Å². The average Bonchev–Trinajstić information content (AvgIpc) is 2.52. The fourth-order valence-electron chi connectivity index (χ4n) is 2.01. The van der Waals surface area contributed by atoms with Gasteiger partial charge >= 0.3 is 0 Å². The monoisotopic (exact) mass is 332 g/mol. The lowest BCUT2D eigenvalue weighted by atomic mass is 10.2. The van der Waals surface area contributed by atoms with E-state index in [1.54, 1.807) is 14.0 Å². The van der Waals surface area contributed by atoms with Crippen LogP contribution in [-0.4, -0.2) is 29.4 Å². The number of benzene rings is 1. The van der Waals surface area contributed by atoms with Crippen molar-refractivity contribution >= 4 is 17.8 Å². The molecule has 0 saturated carbocycles. The lowest BCUT2D eigenvalue weighted by Gasteiger charge is -2.11. The summed E-state index contributed by atoms with van der Waals surface area (Å²) in [6.45, 7) is 4.26. The molecule has 0 aliphatic carbocycles. The van der Waals surface area contributed by atoms with Crippen LogP contribution in [0.5, 0.6) is 11.5 Å². The van der Waals surface area contributed by atoms with Crippen molar-refractivity contribution in [3.8, 4) is 11.5 Å². The fraction of sp³-hybridized carbons (Fsp3) is 0.294. The molecule has 122 valence electrons. The molecule has 1 heterocycles. The van der Waals surface area contributed by atoms with Crippen molar-refractivity contribution in [3.05, 3.63) is 52.0 Å². The predicted octanol–water partition coefficient (Wildman–Crippen LogP) is 3.29. The number of aryl methyl sites for hydroxylation is 1. The van der Waals surface area contributed by atoms with Gasteiger partial charge in [0.2, 0.25) is 0 Å². The molecule has 0 bridgehead atoms. The van der Waals surface area contributed by atoms with Gasteiger partial charge in [-0.25, -0.2) is 4.98 Å². The smallest absolute Gasteiger partial charge is 0.251 e. The Kier molecular flexibility index (Phi) is 6.29. The summed E-state index contributed by atoms with van der Waals surface area (Å²) in [5.41, 5.74) is 1.63. The number of aromatic nitrogens is 2. The maximum Gasteiger partial charge on any atom is 0.251 e. The number of rotatable bonds is 7. The molecule has 2 aromatic rings. The Labute approximate surface area is 139 Å². The Hall–Kier alpha value is -2.21. The van der Waals surface area contributed by atoms with Gasteiger partial charge in [0, 0.05) is 17.5 Å². The van der Waals surface area contributed by atoms with E-state index in [0.29, 0.717) is 34.7 Å². The maximum atomic E-state index is 11.4. The first-order chi connectivity index (χ1) is 11.1. The van der Waals surface area contributed by atoms with E-state index in [9.17, 15) is 4.79 Å². The van der Waals surface area contributed by atoms with E-state index in [2.05, 4.69) is 9.97 Å². The van der Waals surface area contributed by atoms with Gasteiger partial charge in [-0.3, -0.25) is 4.79 Å². The molecule has 0 unspecified atom stereocenters. The van der Waals surface area contributed by atoms with E-state index < -0.39 is 0 Å². The summed E-state index contributed by atoms with van der Waals surface area (Å²) in [5.74, 6) is 2.08. The van der Waals surface area contributed by atoms with Gasteiger partial charge in [-0.05, 0) is 31.5 Å². The first-order valence-electron chi connectivity index (χ1n) is 7.26. The van der Waals surface area contributed by atoms with E-state index in [1.807, 2.05) is 37.3 Å². The molecular weight excluding hydrogens is 312 g/mol. The van der Waals surface area contributed by atoms with Gasteiger partial charge in [-0.2, -0.15) is 0 Å². The Bertz CT molecular complexity index is 741. The fourth-order valence-corrected chi connectivity index (χ4v) is 2.75. The number of methoxy groups -OCH3 is 1. The number of H-pyrrole nitrogens is 1. The Morgan fingerprint density at radius 2 is 2.13 bits per heavy atom. The summed E-state index contributed by atoms with van der Waals surface area (Å²) in [6, 6.07) is 7.27. The van der Waals surface area contributed by atoms with Crippen molar-refractivity contribution < 1.29 is 9.47 Å². The van der Waals surface area contributed by atoms with Crippen molar-refractivity contribution in [1.82, 2.24) is 9.97 Å². The summed E-state index contributed by atoms with van der Waals surface area (Å²) < 4.78 is 11.1. The molecule has 0 saturated heterocycles. The molecule has 6 heteroatoms. The second kappa shape index (κ2) is 8.43. The number of thioether (sulfide) groups is 1. The Morgan fingerprint density at radius 1 is 1.30 bits per heavy atom. The number of hydrogen-bond acceptors (Lipinski definition) is 5. The lowest BCUT2D eigenvalue weighted by Crippen LogP contribution is -2.09. The molecule has 1 aromatic heterocycles. The SMILES string of the molecule is C/C=C\c1ccc(OCCSc2nc(C)cc(=O)[nH]2)c(OC)c1. The molecule has 5 nitrogen and oxygen atoms in total. The highest BCUT2D eigenvalue weighted by Gasteiger charge is 2.05. The van der Waals surface area contributed by atoms with Crippen LogP contribution in [0, 0.1) is 6.92 Å². The van der Waals surface area contributed by atoms with Crippen LogP contribution in [0.4, 0.5) is 0 Å². The highest BCUT2D eigenvalue weighted by molar-refractivity contribution is 7.99. The van der Waals surface area contributed by atoms with E-state index in [4.69, 9.17) is 9.47 Å². The molecule has 0 fully saturated rings. The summed E-state index contributed by atoms with van der Waals surface area (Å²) in [5, 5.41) is 0.606. The van der Waals surface area contributed by atoms with Gasteiger partial charge in [0.15, 0.2) is 16.7 Å². The quantitative estimate of drug-likeness (QED) is 0.479. The largest absolute Gasteiger partial charge is 0.493 e. The van der Waals surface area contributed by atoms with E-state index in [0.717, 1.165) is 5.56 Å². The third kappa shape index (κ3) is 5.17. The van der Waals surface area contributed by atoms with Crippen LogP contribution >= 0.6 is 11.8 Å². The zero-order valence-corrected chi connectivity index (χ0v) is 14.3. The molecule has 0 atom stereocenters. The number of hydrogen-bond donors (Lipinski definition) is 1. The number of nitrogens with zero attached hydrogens (tertiary/aromatic N) is 1. The lowest BCUT2D eigenvalue weighted by molar-refractivity contribution is 0.313. The summed E-state index contributed by atoms with van der Waals surface area (Å²) in [4.78, 5) is 18.3. The molecule has 0 aliphatic heterocycles. The van der Waals surface area contributed by atoms with Gasteiger partial charge in [-0.15, -0.1) is 0 Å². The standard InChI is InChI=1S/C17H20N2O3S/c1-4-5-13-6-7-14(15(11-13)21-3)22-8-9-23-17-18-12(2)10-16(20)19-17/h4-7,10-11H,8-9H2,1-3H3,(H,18,19,20)/b5-4-. The minimum Gasteiger partial charge on any atom is -0.493 e. The van der Waals surface area contributed by atoms with Crippen LogP contribution in [-0.2, 0) is 0 Å². The van der Waals surface area contributed by atoms with Crippen LogP contribution in [0.1, 0.15) is 18.2 Å². The minimum atomic E-state index is -0.137. The van der Waals surface area contributed by atoms with Crippen LogP contribution in [0.15, 0.2) is 40.3 Å². The number of nitrogens with one attached hydrogen (secondary N) is 1. The van der Waals surface area contributed by atoms with Crippen molar-refractivity contribution in [2.45, 2.75) is 19.0 Å². The Morgan fingerprint density at radius 3 is 2.83 bits per heavy atom. The van der Waals surface area contributed by atoms with Gasteiger partial charge in [0.05, 0.1) is 13.7 Å². The zero-order chi connectivity index (χ0) is 16.7. The zero-order valence-electron chi connectivity index (χ0n) is 13.5. The molecule has 1 N–H and O–H groups in total. The van der Waals surface area contributed by atoms with Crippen molar-refractivity contribution in [2.75, 3.05) is 19.5 Å². The van der Waals surface area contributed by atoms with Gasteiger partial charge in [-0.1, -0.05) is 30.0 Å². The van der Waals surface area contributed by atoms with Gasteiger partial charge in [0.1, 0.15) is 0 Å². The molecular formula is C17H20N2O3S. The van der Waals surface area contributed by atoms with Crippen LogP contribution < -0.4 is 15.0 Å². The van der Waals surface area contributed by atoms with E-state index >= 15 is 0 Å². The van der Waals surface area contributed by atoms with Crippen LogP contribution in [0.3, 0.4) is 0 Å². The van der Waals surface area contributed by atoms with Gasteiger partial charge in [0.25, 0.3) is 5.56 Å². The van der Waals surface area contributed by atoms with Crippen LogP contribution in [0.25, 0.3) is 6.08 Å². The molecule has 0 radical (unpaired) electrons. The molecule has 0 aliphatic rings. The Balaban J connectivity index is 1.92. The topological polar surface area (TPSA) is 64.2 Å². The minimum absolute atomic E-state index is 0.137. The maximum absolute atomic E-state index is 11.4. The highest BCUT2D eigenvalue weighted by Crippen LogP contribution is 2.28. The normalized spacial score (nSPS) is 10.9. The summed E-state index contributed by atoms with van der Waals surface area (Å²) in [6.07, 6.45) is 3.98. The third-order valence-corrected chi connectivity index (χ3v) is 3.81. The molecule has 2 rings (SSSR count). The molecule has 23 heavy (non-hydrogen) atoms. The van der Waals surface area contributed by atoms with Crippen molar-refractivity contribution in [3.63, 3.8) is 0 Å². The predicted molar refractivity (Wildman–Crippen MR) is 93.5 cm³/mol. The average molecular weight is 332 g/mol. The van der Waals surface area contributed by atoms with E-state index in [1.165, 1.54) is 17.8 Å². The molecule has 0 spiro atoms. The summed E-state index contributed by atoms with van der Waals surface area (Å²) in [7, 11) is 1.62. The molecule has 0 amide bonds.